The van der Waals surface area contributed by atoms with Gasteiger partial charge < -0.3 is 15.2 Å². The van der Waals surface area contributed by atoms with Crippen LogP contribution in [0.5, 0.6) is 0 Å². The lowest BCUT2D eigenvalue weighted by Crippen LogP contribution is -2.34. The van der Waals surface area contributed by atoms with Crippen molar-refractivity contribution in [2.24, 2.45) is 5.92 Å². The molecular formula is C19H21NO4. The zero-order chi connectivity index (χ0) is 17.4. The van der Waals surface area contributed by atoms with Gasteiger partial charge in [0.15, 0.2) is 0 Å². The molecule has 126 valence electrons. The van der Waals surface area contributed by atoms with Gasteiger partial charge in [-0.3, -0.25) is 9.59 Å². The van der Waals surface area contributed by atoms with Crippen LogP contribution in [0.25, 0.3) is 0 Å². The number of methoxy groups -OCH3 is 1. The molecule has 0 saturated carbocycles. The Hall–Kier alpha value is -2.66. The maximum absolute atomic E-state index is 12.2. The molecular weight excluding hydrogens is 306 g/mol. The van der Waals surface area contributed by atoms with E-state index in [0.29, 0.717) is 18.6 Å². The molecule has 0 bridgehead atoms. The van der Waals surface area contributed by atoms with Gasteiger partial charge in [0, 0.05) is 19.2 Å². The summed E-state index contributed by atoms with van der Waals surface area (Å²) in [4.78, 5) is 23.7. The Labute approximate surface area is 141 Å². The molecule has 1 unspecified atom stereocenters. The van der Waals surface area contributed by atoms with Crippen molar-refractivity contribution in [3.05, 3.63) is 71.3 Å². The van der Waals surface area contributed by atoms with Crippen LogP contribution in [-0.4, -0.2) is 30.6 Å². The van der Waals surface area contributed by atoms with Crippen LogP contribution >= 0.6 is 0 Å². The lowest BCUT2D eigenvalue weighted by Gasteiger charge is -2.14. The number of hydrogen-bond donors (Lipinski definition) is 2. The average Bonchev–Trinajstić information content (AvgIpc) is 2.59. The topological polar surface area (TPSA) is 75.6 Å². The number of hydrogen-bond acceptors (Lipinski definition) is 3. The molecule has 0 fully saturated rings. The molecule has 0 radical (unpaired) electrons. The normalized spacial score (nSPS) is 11.7. The molecule has 1 atom stereocenters. The van der Waals surface area contributed by atoms with Gasteiger partial charge in [0.05, 0.1) is 12.5 Å². The second-order valence-corrected chi connectivity index (χ2v) is 5.57. The van der Waals surface area contributed by atoms with E-state index < -0.39 is 11.9 Å². The van der Waals surface area contributed by atoms with Crippen LogP contribution in [0.15, 0.2) is 54.6 Å². The predicted octanol–water partition coefficient (Wildman–Crippen LogP) is 2.51. The Kier molecular flexibility index (Phi) is 6.51. The first-order valence-electron chi connectivity index (χ1n) is 7.73. The van der Waals surface area contributed by atoms with E-state index in [4.69, 9.17) is 4.74 Å². The number of amides is 1. The number of carbonyl (C=O) groups excluding carboxylic acids is 1. The molecule has 0 heterocycles. The van der Waals surface area contributed by atoms with Gasteiger partial charge in [0.2, 0.25) is 0 Å². The zero-order valence-electron chi connectivity index (χ0n) is 13.6. The van der Waals surface area contributed by atoms with Gasteiger partial charge in [-0.15, -0.1) is 0 Å². The van der Waals surface area contributed by atoms with Crippen molar-refractivity contribution in [2.75, 3.05) is 13.7 Å². The van der Waals surface area contributed by atoms with Gasteiger partial charge in [-0.05, 0) is 29.7 Å². The number of benzene rings is 2. The highest BCUT2D eigenvalue weighted by Crippen LogP contribution is 2.10. The monoisotopic (exact) mass is 327 g/mol. The second-order valence-electron chi connectivity index (χ2n) is 5.57. The lowest BCUT2D eigenvalue weighted by atomic mass is 9.99. The Morgan fingerprint density at radius 3 is 2.46 bits per heavy atom. The van der Waals surface area contributed by atoms with E-state index >= 15 is 0 Å². The van der Waals surface area contributed by atoms with Gasteiger partial charge in [-0.25, -0.2) is 0 Å². The molecule has 2 rings (SSSR count). The number of ether oxygens (including phenoxy) is 1. The summed E-state index contributed by atoms with van der Waals surface area (Å²) < 4.78 is 5.05. The van der Waals surface area contributed by atoms with E-state index in [-0.39, 0.29) is 12.5 Å². The molecule has 5 nitrogen and oxygen atoms in total. The molecule has 2 aromatic rings. The SMILES string of the molecule is COCc1cccc(C(=O)NCC(Cc2ccccc2)C(=O)O)c1. The maximum atomic E-state index is 12.2. The molecule has 5 heteroatoms. The fraction of sp³-hybridized carbons (Fsp3) is 0.263. The summed E-state index contributed by atoms with van der Waals surface area (Å²) in [5, 5.41) is 12.1. The fourth-order valence-corrected chi connectivity index (χ4v) is 2.43. The van der Waals surface area contributed by atoms with Crippen molar-refractivity contribution in [1.82, 2.24) is 5.32 Å². The minimum absolute atomic E-state index is 0.0809. The number of nitrogens with one attached hydrogen (secondary N) is 1. The van der Waals surface area contributed by atoms with Gasteiger partial charge in [-0.1, -0.05) is 42.5 Å². The Balaban J connectivity index is 1.97. The van der Waals surface area contributed by atoms with Crippen LogP contribution < -0.4 is 5.32 Å². The highest BCUT2D eigenvalue weighted by Gasteiger charge is 2.19. The van der Waals surface area contributed by atoms with Crippen LogP contribution in [0.4, 0.5) is 0 Å². The summed E-state index contributed by atoms with van der Waals surface area (Å²) in [7, 11) is 1.59. The minimum atomic E-state index is -0.924. The summed E-state index contributed by atoms with van der Waals surface area (Å²) >= 11 is 0. The van der Waals surface area contributed by atoms with Gasteiger partial charge in [-0.2, -0.15) is 0 Å². The molecule has 0 aliphatic carbocycles. The first-order chi connectivity index (χ1) is 11.6. The summed E-state index contributed by atoms with van der Waals surface area (Å²) in [6, 6.07) is 16.5. The molecule has 24 heavy (non-hydrogen) atoms. The average molecular weight is 327 g/mol. The van der Waals surface area contributed by atoms with Crippen molar-refractivity contribution in [2.45, 2.75) is 13.0 Å². The quantitative estimate of drug-likeness (QED) is 0.781. The standard InChI is InChI=1S/C19H21NO4/c1-24-13-15-8-5-9-16(11-15)18(21)20-12-17(19(22)23)10-14-6-3-2-4-7-14/h2-9,11,17H,10,12-13H2,1H3,(H,20,21)(H,22,23). The molecule has 0 aromatic heterocycles. The third-order valence-electron chi connectivity index (χ3n) is 3.68. The fourth-order valence-electron chi connectivity index (χ4n) is 2.43. The lowest BCUT2D eigenvalue weighted by molar-refractivity contribution is -0.141. The van der Waals surface area contributed by atoms with E-state index in [9.17, 15) is 14.7 Å². The highest BCUT2D eigenvalue weighted by atomic mass is 16.5. The van der Waals surface area contributed by atoms with Crippen molar-refractivity contribution in [3.8, 4) is 0 Å². The van der Waals surface area contributed by atoms with Crippen molar-refractivity contribution >= 4 is 11.9 Å². The molecule has 2 aromatic carbocycles. The molecule has 0 spiro atoms. The van der Waals surface area contributed by atoms with E-state index in [0.717, 1.165) is 11.1 Å². The molecule has 0 saturated heterocycles. The summed E-state index contributed by atoms with van der Waals surface area (Å²) in [6.45, 7) is 0.504. The number of carboxylic acid groups (broad SMARTS) is 1. The smallest absolute Gasteiger partial charge is 0.308 e. The van der Waals surface area contributed by atoms with Crippen LogP contribution in [0, 0.1) is 5.92 Å². The summed E-state index contributed by atoms with van der Waals surface area (Å²) in [6.07, 6.45) is 0.375. The van der Waals surface area contributed by atoms with Gasteiger partial charge >= 0.3 is 5.97 Å². The predicted molar refractivity (Wildman–Crippen MR) is 90.8 cm³/mol. The zero-order valence-corrected chi connectivity index (χ0v) is 13.6. The van der Waals surface area contributed by atoms with Crippen molar-refractivity contribution in [3.63, 3.8) is 0 Å². The first-order valence-corrected chi connectivity index (χ1v) is 7.73. The highest BCUT2D eigenvalue weighted by molar-refractivity contribution is 5.94. The molecule has 1 amide bonds. The Morgan fingerprint density at radius 1 is 1.08 bits per heavy atom. The third kappa shape index (κ3) is 5.21. The van der Waals surface area contributed by atoms with Crippen molar-refractivity contribution < 1.29 is 19.4 Å². The van der Waals surface area contributed by atoms with E-state index in [1.165, 1.54) is 0 Å². The Morgan fingerprint density at radius 2 is 1.79 bits per heavy atom. The van der Waals surface area contributed by atoms with Crippen LogP contribution in [0.3, 0.4) is 0 Å². The number of carboxylic acids is 1. The van der Waals surface area contributed by atoms with Crippen LogP contribution in [0.1, 0.15) is 21.5 Å². The Bertz CT molecular complexity index is 685. The van der Waals surface area contributed by atoms with E-state index in [1.807, 2.05) is 36.4 Å². The first kappa shape index (κ1) is 17.7. The van der Waals surface area contributed by atoms with Crippen LogP contribution in [-0.2, 0) is 22.6 Å². The summed E-state index contributed by atoms with van der Waals surface area (Å²) in [5.74, 6) is -1.88. The number of aliphatic carboxylic acids is 1. The van der Waals surface area contributed by atoms with Crippen molar-refractivity contribution in [1.29, 1.82) is 0 Å². The van der Waals surface area contributed by atoms with E-state index in [2.05, 4.69) is 5.32 Å². The van der Waals surface area contributed by atoms with Gasteiger partial charge in [0.1, 0.15) is 0 Å². The van der Waals surface area contributed by atoms with Gasteiger partial charge in [0.25, 0.3) is 5.91 Å². The maximum Gasteiger partial charge on any atom is 0.308 e. The molecule has 0 aliphatic heterocycles. The summed E-state index contributed by atoms with van der Waals surface area (Å²) in [5.41, 5.74) is 2.32. The van der Waals surface area contributed by atoms with E-state index in [1.54, 1.807) is 25.3 Å². The third-order valence-corrected chi connectivity index (χ3v) is 3.68. The minimum Gasteiger partial charge on any atom is -0.481 e. The molecule has 2 N–H and O–H groups in total. The number of carbonyl (C=O) groups is 2. The molecule has 0 aliphatic rings. The van der Waals surface area contributed by atoms with Crippen LogP contribution in [0.2, 0.25) is 0 Å². The number of rotatable bonds is 8. The second kappa shape index (κ2) is 8.84. The largest absolute Gasteiger partial charge is 0.481 e.